The van der Waals surface area contributed by atoms with Crippen LogP contribution in [0, 0.1) is 12.3 Å². The molecular weight excluding hydrogens is 380 g/mol. The fourth-order valence-corrected chi connectivity index (χ4v) is 3.17. The molecule has 0 aliphatic carbocycles. The zero-order valence-electron chi connectivity index (χ0n) is 15.8. The van der Waals surface area contributed by atoms with E-state index < -0.39 is 51.2 Å². The van der Waals surface area contributed by atoms with Crippen molar-refractivity contribution < 1.29 is 26.9 Å². The van der Waals surface area contributed by atoms with Crippen LogP contribution in [-0.2, 0) is 28.6 Å². The Bertz CT molecular complexity index is 925. The van der Waals surface area contributed by atoms with Gasteiger partial charge in [0.05, 0.1) is 11.7 Å². The normalized spacial score (nSPS) is 23.4. The molecule has 2 rings (SSSR count). The summed E-state index contributed by atoms with van der Waals surface area (Å²) in [6.07, 6.45) is -0.469. The lowest BCUT2D eigenvalue weighted by molar-refractivity contribution is -0.158. The summed E-state index contributed by atoms with van der Waals surface area (Å²) >= 11 is 0. The summed E-state index contributed by atoms with van der Waals surface area (Å²) < 4.78 is 40.2. The van der Waals surface area contributed by atoms with Crippen molar-refractivity contribution in [1.29, 1.82) is 0 Å². The van der Waals surface area contributed by atoms with Gasteiger partial charge in [0, 0.05) is 18.2 Å². The van der Waals surface area contributed by atoms with Crippen molar-refractivity contribution >= 4 is 16.1 Å². The molecule has 1 aliphatic heterocycles. The van der Waals surface area contributed by atoms with Gasteiger partial charge in [0.15, 0.2) is 0 Å². The SMILES string of the molecule is Cc1cn([C@H]2C[C@H](OS(C)(=O)=O)[C@@H](COC(=O)C(C)(C)C)O2)c(=O)[nH]c1=O. The monoisotopic (exact) mass is 404 g/mol. The summed E-state index contributed by atoms with van der Waals surface area (Å²) in [6, 6.07) is 0. The van der Waals surface area contributed by atoms with E-state index in [-0.39, 0.29) is 13.0 Å². The number of aryl methyl sites for hydroxylation is 1. The largest absolute Gasteiger partial charge is 0.462 e. The van der Waals surface area contributed by atoms with Crippen LogP contribution in [0.15, 0.2) is 15.8 Å². The van der Waals surface area contributed by atoms with Gasteiger partial charge in [-0.15, -0.1) is 0 Å². The van der Waals surface area contributed by atoms with Gasteiger partial charge in [-0.05, 0) is 27.7 Å². The van der Waals surface area contributed by atoms with Crippen molar-refractivity contribution in [3.8, 4) is 0 Å². The predicted octanol–water partition coefficient (Wildman–Crippen LogP) is 0.0666. The number of nitrogens with zero attached hydrogens (tertiary/aromatic N) is 1. The second kappa shape index (κ2) is 7.56. The molecule has 0 aromatic carbocycles. The molecule has 0 spiro atoms. The van der Waals surface area contributed by atoms with Crippen molar-refractivity contribution in [1.82, 2.24) is 9.55 Å². The van der Waals surface area contributed by atoms with Crippen molar-refractivity contribution in [2.45, 2.75) is 52.6 Å². The maximum atomic E-state index is 12.1. The Morgan fingerprint density at radius 3 is 2.56 bits per heavy atom. The molecule has 11 heteroatoms. The first-order valence-electron chi connectivity index (χ1n) is 8.31. The maximum Gasteiger partial charge on any atom is 0.330 e. The Morgan fingerprint density at radius 2 is 2.00 bits per heavy atom. The number of H-pyrrole nitrogens is 1. The summed E-state index contributed by atoms with van der Waals surface area (Å²) in [5.74, 6) is -0.482. The predicted molar refractivity (Wildman–Crippen MR) is 94.7 cm³/mol. The summed E-state index contributed by atoms with van der Waals surface area (Å²) in [5, 5.41) is 0. The summed E-state index contributed by atoms with van der Waals surface area (Å²) in [5.41, 5.74) is -1.66. The first kappa shape index (κ1) is 21.3. The van der Waals surface area contributed by atoms with E-state index in [4.69, 9.17) is 13.7 Å². The molecule has 1 aliphatic rings. The lowest BCUT2D eigenvalue weighted by Crippen LogP contribution is -2.34. The van der Waals surface area contributed by atoms with Crippen LogP contribution in [0.25, 0.3) is 0 Å². The summed E-state index contributed by atoms with van der Waals surface area (Å²) in [7, 11) is -3.80. The minimum absolute atomic E-state index is 0.0240. The molecular formula is C16H24N2O8S. The molecule has 10 nitrogen and oxygen atoms in total. The number of hydrogen-bond donors (Lipinski definition) is 1. The van der Waals surface area contributed by atoms with E-state index >= 15 is 0 Å². The molecule has 1 fully saturated rings. The number of aromatic amines is 1. The molecule has 152 valence electrons. The van der Waals surface area contributed by atoms with Crippen molar-refractivity contribution in [3.05, 3.63) is 32.6 Å². The van der Waals surface area contributed by atoms with E-state index in [1.165, 1.54) is 13.1 Å². The van der Waals surface area contributed by atoms with Gasteiger partial charge in [-0.1, -0.05) is 0 Å². The second-order valence-corrected chi connectivity index (χ2v) is 9.13. The van der Waals surface area contributed by atoms with Crippen LogP contribution < -0.4 is 11.2 Å². The van der Waals surface area contributed by atoms with Crippen LogP contribution in [0.3, 0.4) is 0 Å². The Kier molecular flexibility index (Phi) is 5.97. The van der Waals surface area contributed by atoms with Gasteiger partial charge in [-0.2, -0.15) is 8.42 Å². The molecule has 3 atom stereocenters. The fourth-order valence-electron chi connectivity index (χ4n) is 2.52. The summed E-state index contributed by atoms with van der Waals surface area (Å²) in [4.78, 5) is 37.7. The van der Waals surface area contributed by atoms with E-state index in [2.05, 4.69) is 4.98 Å². The number of carbonyl (C=O) groups excluding carboxylic acids is 1. The van der Waals surface area contributed by atoms with Gasteiger partial charge >= 0.3 is 11.7 Å². The molecule has 1 saturated heterocycles. The highest BCUT2D eigenvalue weighted by molar-refractivity contribution is 7.86. The minimum atomic E-state index is -3.80. The number of rotatable bonds is 5. The zero-order chi connectivity index (χ0) is 20.6. The third-order valence-electron chi connectivity index (χ3n) is 3.93. The third kappa shape index (κ3) is 5.50. The molecule has 0 amide bonds. The molecule has 0 radical (unpaired) electrons. The molecule has 0 saturated carbocycles. The van der Waals surface area contributed by atoms with Crippen molar-refractivity contribution in [2.75, 3.05) is 12.9 Å². The van der Waals surface area contributed by atoms with Gasteiger partial charge in [0.1, 0.15) is 25.0 Å². The van der Waals surface area contributed by atoms with Gasteiger partial charge in [0.2, 0.25) is 0 Å². The highest BCUT2D eigenvalue weighted by Crippen LogP contribution is 2.31. The van der Waals surface area contributed by atoms with Gasteiger partial charge in [-0.25, -0.2) is 4.79 Å². The second-order valence-electron chi connectivity index (χ2n) is 7.53. The van der Waals surface area contributed by atoms with E-state index in [1.54, 1.807) is 20.8 Å². The van der Waals surface area contributed by atoms with E-state index in [0.29, 0.717) is 5.56 Å². The number of ether oxygens (including phenoxy) is 2. The molecule has 0 bridgehead atoms. The molecule has 0 unspecified atom stereocenters. The topological polar surface area (TPSA) is 134 Å². The van der Waals surface area contributed by atoms with Crippen molar-refractivity contribution in [3.63, 3.8) is 0 Å². The highest BCUT2D eigenvalue weighted by atomic mass is 32.2. The highest BCUT2D eigenvalue weighted by Gasteiger charge is 2.41. The van der Waals surface area contributed by atoms with Gasteiger partial charge in [-0.3, -0.25) is 23.3 Å². The first-order valence-corrected chi connectivity index (χ1v) is 10.1. The smallest absolute Gasteiger partial charge is 0.330 e. The molecule has 1 N–H and O–H groups in total. The Labute approximate surface area is 156 Å². The lowest BCUT2D eigenvalue weighted by atomic mass is 9.97. The molecule has 1 aromatic heterocycles. The van der Waals surface area contributed by atoms with Gasteiger partial charge < -0.3 is 9.47 Å². The van der Waals surface area contributed by atoms with Crippen LogP contribution in [0.1, 0.15) is 39.0 Å². The van der Waals surface area contributed by atoms with Crippen LogP contribution in [0.5, 0.6) is 0 Å². The number of hydrogen-bond acceptors (Lipinski definition) is 8. The average Bonchev–Trinajstić information content (AvgIpc) is 2.88. The standard InChI is InChI=1S/C16H24N2O8S/c1-9-7-18(15(21)17-13(9)19)12-6-10(26-27(5,22)23)11(25-12)8-24-14(20)16(2,3)4/h7,10-12H,6,8H2,1-5H3,(H,17,19,21)/t10-,11+,12+/m0/s1. The number of nitrogens with one attached hydrogen (secondary N) is 1. The maximum absolute atomic E-state index is 12.1. The molecule has 27 heavy (non-hydrogen) atoms. The molecule has 2 heterocycles. The Morgan fingerprint density at radius 1 is 1.37 bits per heavy atom. The first-order chi connectivity index (χ1) is 12.3. The quantitative estimate of drug-likeness (QED) is 0.538. The lowest BCUT2D eigenvalue weighted by Gasteiger charge is -2.21. The zero-order valence-corrected chi connectivity index (χ0v) is 16.7. The number of carbonyl (C=O) groups is 1. The fraction of sp³-hybridized carbons (Fsp3) is 0.688. The van der Waals surface area contributed by atoms with E-state index in [9.17, 15) is 22.8 Å². The Hall–Kier alpha value is -1.98. The number of aromatic nitrogens is 2. The van der Waals surface area contributed by atoms with Crippen molar-refractivity contribution in [2.24, 2.45) is 5.41 Å². The van der Waals surface area contributed by atoms with Crippen LogP contribution in [0.4, 0.5) is 0 Å². The molecule has 1 aromatic rings. The van der Waals surface area contributed by atoms with Crippen LogP contribution >= 0.6 is 0 Å². The van der Waals surface area contributed by atoms with Crippen LogP contribution in [0.2, 0.25) is 0 Å². The van der Waals surface area contributed by atoms with E-state index in [1.807, 2.05) is 0 Å². The Balaban J connectivity index is 2.24. The summed E-state index contributed by atoms with van der Waals surface area (Å²) in [6.45, 7) is 6.34. The third-order valence-corrected chi connectivity index (χ3v) is 4.52. The minimum Gasteiger partial charge on any atom is -0.462 e. The van der Waals surface area contributed by atoms with Crippen LogP contribution in [-0.4, -0.2) is 49.0 Å². The van der Waals surface area contributed by atoms with Gasteiger partial charge in [0.25, 0.3) is 15.7 Å². The average molecular weight is 404 g/mol. The number of esters is 1. The van der Waals surface area contributed by atoms with E-state index in [0.717, 1.165) is 10.8 Å².